The number of benzene rings is 1. The predicted molar refractivity (Wildman–Crippen MR) is 81.1 cm³/mol. The Morgan fingerprint density at radius 3 is 2.81 bits per heavy atom. The number of nitrogens with one attached hydrogen (secondary N) is 1. The average molecular weight is 287 g/mol. The Balaban J connectivity index is 1.65. The molecule has 1 heterocycles. The summed E-state index contributed by atoms with van der Waals surface area (Å²) < 4.78 is 7.32. The van der Waals surface area contributed by atoms with Crippen molar-refractivity contribution in [3.05, 3.63) is 48.3 Å². The standard InChI is InChI=1S/C16H21N3O2/c1-13-4-6-15(7-5-13)21-11-9-17-16(20)14(2)12-19-10-3-8-18-19/h3-8,10,14H,9,11-12H2,1-2H3,(H,17,20)/t14-/m1/s1. The summed E-state index contributed by atoms with van der Waals surface area (Å²) in [6.07, 6.45) is 3.56. The molecule has 0 saturated heterocycles. The van der Waals surface area contributed by atoms with E-state index in [1.807, 2.05) is 50.4 Å². The molecule has 1 aromatic carbocycles. The average Bonchev–Trinajstić information content (AvgIpc) is 2.98. The van der Waals surface area contributed by atoms with E-state index >= 15 is 0 Å². The van der Waals surface area contributed by atoms with Crippen LogP contribution >= 0.6 is 0 Å². The summed E-state index contributed by atoms with van der Waals surface area (Å²) in [5.41, 5.74) is 1.20. The lowest BCUT2D eigenvalue weighted by atomic mass is 10.1. The fourth-order valence-electron chi connectivity index (χ4n) is 1.92. The number of amides is 1. The van der Waals surface area contributed by atoms with E-state index in [2.05, 4.69) is 10.4 Å². The number of carbonyl (C=O) groups excluding carboxylic acids is 1. The normalized spacial score (nSPS) is 11.9. The molecule has 0 fully saturated rings. The van der Waals surface area contributed by atoms with Crippen LogP contribution in [0.3, 0.4) is 0 Å². The van der Waals surface area contributed by atoms with E-state index in [0.29, 0.717) is 19.7 Å². The van der Waals surface area contributed by atoms with Gasteiger partial charge in [-0.3, -0.25) is 9.48 Å². The largest absolute Gasteiger partial charge is 0.492 e. The van der Waals surface area contributed by atoms with Gasteiger partial charge in [-0.15, -0.1) is 0 Å². The Morgan fingerprint density at radius 1 is 1.38 bits per heavy atom. The van der Waals surface area contributed by atoms with Gasteiger partial charge in [0, 0.05) is 12.4 Å². The van der Waals surface area contributed by atoms with Crippen molar-refractivity contribution in [1.29, 1.82) is 0 Å². The minimum absolute atomic E-state index is 0.0120. The van der Waals surface area contributed by atoms with Crippen molar-refractivity contribution in [2.24, 2.45) is 5.92 Å². The molecule has 0 spiro atoms. The smallest absolute Gasteiger partial charge is 0.224 e. The highest BCUT2D eigenvalue weighted by atomic mass is 16.5. The molecular weight excluding hydrogens is 266 g/mol. The lowest BCUT2D eigenvalue weighted by Crippen LogP contribution is -2.34. The molecular formula is C16H21N3O2. The van der Waals surface area contributed by atoms with Gasteiger partial charge in [-0.25, -0.2) is 0 Å². The van der Waals surface area contributed by atoms with Gasteiger partial charge in [0.15, 0.2) is 0 Å². The van der Waals surface area contributed by atoms with Crippen LogP contribution in [0.4, 0.5) is 0 Å². The molecule has 5 heteroatoms. The van der Waals surface area contributed by atoms with Gasteiger partial charge in [-0.05, 0) is 25.1 Å². The third kappa shape index (κ3) is 4.95. The number of hydrogen-bond acceptors (Lipinski definition) is 3. The molecule has 5 nitrogen and oxygen atoms in total. The zero-order valence-corrected chi connectivity index (χ0v) is 12.5. The SMILES string of the molecule is Cc1ccc(OCCNC(=O)[C@H](C)Cn2cccn2)cc1. The van der Waals surface area contributed by atoms with Gasteiger partial charge in [0.1, 0.15) is 12.4 Å². The number of aryl methyl sites for hydroxylation is 1. The van der Waals surface area contributed by atoms with Gasteiger partial charge < -0.3 is 10.1 Å². The molecule has 1 N–H and O–H groups in total. The summed E-state index contributed by atoms with van der Waals surface area (Å²) in [4.78, 5) is 11.9. The van der Waals surface area contributed by atoms with E-state index < -0.39 is 0 Å². The number of rotatable bonds is 7. The third-order valence-corrected chi connectivity index (χ3v) is 3.16. The number of nitrogens with zero attached hydrogens (tertiary/aromatic N) is 2. The lowest BCUT2D eigenvalue weighted by molar-refractivity contribution is -0.125. The quantitative estimate of drug-likeness (QED) is 0.793. The summed E-state index contributed by atoms with van der Waals surface area (Å²) in [7, 11) is 0. The van der Waals surface area contributed by atoms with E-state index in [4.69, 9.17) is 4.74 Å². The second-order valence-electron chi connectivity index (χ2n) is 5.08. The fraction of sp³-hybridized carbons (Fsp3) is 0.375. The van der Waals surface area contributed by atoms with Crippen LogP contribution in [0.25, 0.3) is 0 Å². The zero-order chi connectivity index (χ0) is 15.1. The molecule has 21 heavy (non-hydrogen) atoms. The van der Waals surface area contributed by atoms with Crippen LogP contribution in [-0.4, -0.2) is 28.8 Å². The van der Waals surface area contributed by atoms with Gasteiger partial charge in [0.05, 0.1) is 19.0 Å². The van der Waals surface area contributed by atoms with Crippen molar-refractivity contribution in [2.75, 3.05) is 13.2 Å². The Labute approximate surface area is 124 Å². The molecule has 1 amide bonds. The molecule has 1 aromatic heterocycles. The highest BCUT2D eigenvalue weighted by Gasteiger charge is 2.12. The fourth-order valence-corrected chi connectivity index (χ4v) is 1.92. The molecule has 0 bridgehead atoms. The van der Waals surface area contributed by atoms with Gasteiger partial charge in [-0.1, -0.05) is 24.6 Å². The molecule has 0 radical (unpaired) electrons. The van der Waals surface area contributed by atoms with Crippen LogP contribution < -0.4 is 10.1 Å². The number of aromatic nitrogens is 2. The van der Waals surface area contributed by atoms with Crippen molar-refractivity contribution in [2.45, 2.75) is 20.4 Å². The highest BCUT2D eigenvalue weighted by molar-refractivity contribution is 5.78. The van der Waals surface area contributed by atoms with E-state index in [9.17, 15) is 4.79 Å². The Kier molecular flexibility index (Phi) is 5.37. The van der Waals surface area contributed by atoms with Crippen LogP contribution in [-0.2, 0) is 11.3 Å². The monoisotopic (exact) mass is 287 g/mol. The van der Waals surface area contributed by atoms with Crippen LogP contribution in [0, 0.1) is 12.8 Å². The van der Waals surface area contributed by atoms with E-state index in [-0.39, 0.29) is 11.8 Å². The first-order valence-corrected chi connectivity index (χ1v) is 7.10. The van der Waals surface area contributed by atoms with E-state index in [1.54, 1.807) is 10.9 Å². The number of hydrogen-bond donors (Lipinski definition) is 1. The molecule has 2 aromatic rings. The third-order valence-electron chi connectivity index (χ3n) is 3.16. The molecule has 0 aliphatic rings. The van der Waals surface area contributed by atoms with Crippen molar-refractivity contribution < 1.29 is 9.53 Å². The molecule has 112 valence electrons. The van der Waals surface area contributed by atoms with Crippen LogP contribution in [0.1, 0.15) is 12.5 Å². The molecule has 0 aliphatic carbocycles. The maximum absolute atomic E-state index is 11.9. The summed E-state index contributed by atoms with van der Waals surface area (Å²) >= 11 is 0. The highest BCUT2D eigenvalue weighted by Crippen LogP contribution is 2.10. The van der Waals surface area contributed by atoms with E-state index in [0.717, 1.165) is 5.75 Å². The van der Waals surface area contributed by atoms with Gasteiger partial charge in [0.2, 0.25) is 5.91 Å². The van der Waals surface area contributed by atoms with Crippen molar-refractivity contribution in [1.82, 2.24) is 15.1 Å². The maximum Gasteiger partial charge on any atom is 0.224 e. The first kappa shape index (κ1) is 15.1. The second-order valence-corrected chi connectivity index (χ2v) is 5.08. The first-order chi connectivity index (χ1) is 10.1. The Morgan fingerprint density at radius 2 is 2.14 bits per heavy atom. The number of carbonyl (C=O) groups is 1. The van der Waals surface area contributed by atoms with Crippen LogP contribution in [0.5, 0.6) is 5.75 Å². The molecule has 2 rings (SSSR count). The van der Waals surface area contributed by atoms with Crippen molar-refractivity contribution >= 4 is 5.91 Å². The van der Waals surface area contributed by atoms with Crippen molar-refractivity contribution in [3.63, 3.8) is 0 Å². The zero-order valence-electron chi connectivity index (χ0n) is 12.5. The molecule has 0 unspecified atom stereocenters. The summed E-state index contributed by atoms with van der Waals surface area (Å²) in [6.45, 7) is 5.46. The van der Waals surface area contributed by atoms with Gasteiger partial charge >= 0.3 is 0 Å². The lowest BCUT2D eigenvalue weighted by Gasteiger charge is -2.13. The summed E-state index contributed by atoms with van der Waals surface area (Å²) in [5.74, 6) is 0.710. The predicted octanol–water partition coefficient (Wildman–Crippen LogP) is 2.02. The number of ether oxygens (including phenoxy) is 1. The topological polar surface area (TPSA) is 56.1 Å². The minimum Gasteiger partial charge on any atom is -0.492 e. The Bertz CT molecular complexity index is 549. The molecule has 0 saturated carbocycles. The van der Waals surface area contributed by atoms with Gasteiger partial charge in [-0.2, -0.15) is 5.10 Å². The van der Waals surface area contributed by atoms with Crippen LogP contribution in [0.15, 0.2) is 42.7 Å². The molecule has 0 aliphatic heterocycles. The van der Waals surface area contributed by atoms with Crippen molar-refractivity contribution in [3.8, 4) is 5.75 Å². The Hall–Kier alpha value is -2.30. The maximum atomic E-state index is 11.9. The minimum atomic E-state index is -0.121. The van der Waals surface area contributed by atoms with E-state index in [1.165, 1.54) is 5.56 Å². The van der Waals surface area contributed by atoms with Gasteiger partial charge in [0.25, 0.3) is 0 Å². The van der Waals surface area contributed by atoms with Crippen LogP contribution in [0.2, 0.25) is 0 Å². The second kappa shape index (κ2) is 7.47. The molecule has 1 atom stereocenters. The summed E-state index contributed by atoms with van der Waals surface area (Å²) in [5, 5.41) is 6.97. The summed E-state index contributed by atoms with van der Waals surface area (Å²) in [6, 6.07) is 9.70. The first-order valence-electron chi connectivity index (χ1n) is 7.10.